The van der Waals surface area contributed by atoms with Crippen molar-refractivity contribution in [1.82, 2.24) is 14.5 Å². The lowest BCUT2D eigenvalue weighted by atomic mass is 9.92. The van der Waals surface area contributed by atoms with Crippen LogP contribution in [0.4, 0.5) is 0 Å². The Morgan fingerprint density at radius 3 is 2.37 bits per heavy atom. The van der Waals surface area contributed by atoms with Crippen LogP contribution in [0.15, 0.2) is 84.9 Å². The van der Waals surface area contributed by atoms with E-state index in [1.54, 1.807) is 12.1 Å². The number of imidazole rings is 1. The fourth-order valence-electron chi connectivity index (χ4n) is 7.02. The van der Waals surface area contributed by atoms with Crippen molar-refractivity contribution in [3.63, 3.8) is 0 Å². The lowest BCUT2D eigenvalue weighted by Gasteiger charge is -2.29. The van der Waals surface area contributed by atoms with Crippen LogP contribution in [0, 0.1) is 31.6 Å². The smallest absolute Gasteiger partial charge is 0.335 e. The maximum absolute atomic E-state index is 11.5. The molecule has 3 aromatic carbocycles. The molecule has 1 aromatic heterocycles. The fourth-order valence-corrected chi connectivity index (χ4v) is 7.02. The fraction of sp³-hybridized carbons (Fsp3) is 0.368. The van der Waals surface area contributed by atoms with Gasteiger partial charge in [-0.3, -0.25) is 4.90 Å². The van der Waals surface area contributed by atoms with Gasteiger partial charge in [-0.1, -0.05) is 91.7 Å². The topological polar surface area (TPSA) is 58.4 Å². The van der Waals surface area contributed by atoms with Crippen molar-refractivity contribution in [3.05, 3.63) is 113 Å². The van der Waals surface area contributed by atoms with Crippen LogP contribution in [0.3, 0.4) is 0 Å². The van der Waals surface area contributed by atoms with Crippen LogP contribution >= 0.6 is 0 Å². The largest absolute Gasteiger partial charge is 0.478 e. The van der Waals surface area contributed by atoms with E-state index in [0.717, 1.165) is 67.6 Å². The second-order valence-electron chi connectivity index (χ2n) is 12.6. The Hall–Kier alpha value is -3.96. The first-order chi connectivity index (χ1) is 20.9. The predicted molar refractivity (Wildman–Crippen MR) is 174 cm³/mol. The molecule has 3 atom stereocenters. The first kappa shape index (κ1) is 29.1. The summed E-state index contributed by atoms with van der Waals surface area (Å²) in [5.74, 6) is 2.18. The molecule has 0 saturated heterocycles. The number of benzene rings is 3. The SMILES string of the molecule is CCCCn1c(-c2ccccc2C)nc(-c2ccc(C)cc2)c1CN(Cc1ccc(C(=O)O)cc1)CC1CC2C=CC1C2. The molecular formula is C38H43N3O2. The Morgan fingerprint density at radius 1 is 0.953 bits per heavy atom. The van der Waals surface area contributed by atoms with Crippen molar-refractivity contribution in [2.45, 2.75) is 66.1 Å². The zero-order valence-electron chi connectivity index (χ0n) is 25.7. The van der Waals surface area contributed by atoms with Crippen molar-refractivity contribution in [3.8, 4) is 22.6 Å². The van der Waals surface area contributed by atoms with Gasteiger partial charge in [0.15, 0.2) is 0 Å². The van der Waals surface area contributed by atoms with E-state index in [-0.39, 0.29) is 0 Å². The van der Waals surface area contributed by atoms with Crippen molar-refractivity contribution in [1.29, 1.82) is 0 Å². The first-order valence-electron chi connectivity index (χ1n) is 15.8. The number of hydrogen-bond donors (Lipinski definition) is 1. The average molecular weight is 574 g/mol. The molecule has 2 bridgehead atoms. The van der Waals surface area contributed by atoms with Gasteiger partial charge in [-0.15, -0.1) is 0 Å². The first-order valence-corrected chi connectivity index (χ1v) is 15.8. The highest BCUT2D eigenvalue weighted by molar-refractivity contribution is 5.87. The van der Waals surface area contributed by atoms with Crippen molar-refractivity contribution >= 4 is 5.97 Å². The molecule has 0 spiro atoms. The van der Waals surface area contributed by atoms with Gasteiger partial charge in [0, 0.05) is 37.3 Å². The minimum atomic E-state index is -0.886. The van der Waals surface area contributed by atoms with Gasteiger partial charge in [-0.2, -0.15) is 0 Å². The zero-order valence-corrected chi connectivity index (χ0v) is 25.7. The number of carbonyl (C=O) groups is 1. The van der Waals surface area contributed by atoms with Crippen LogP contribution < -0.4 is 0 Å². The van der Waals surface area contributed by atoms with E-state index in [1.807, 2.05) is 12.1 Å². The standard InChI is InChI=1S/C38H43N3O2/c1-4-5-20-41-35(36(30-15-10-26(2)11-16-30)39-37(41)34-9-7-6-8-27(34)3)25-40(24-33-22-29-14-19-32(33)21-29)23-28-12-17-31(18-13-28)38(42)43/h6-19,29,32-33H,4-5,20-25H2,1-3H3,(H,42,43). The van der Waals surface area contributed by atoms with E-state index in [1.165, 1.54) is 35.2 Å². The summed E-state index contributed by atoms with van der Waals surface area (Å²) < 4.78 is 2.49. The normalized spacial score (nSPS) is 19.0. The maximum atomic E-state index is 11.5. The minimum absolute atomic E-state index is 0.329. The van der Waals surface area contributed by atoms with Gasteiger partial charge in [0.2, 0.25) is 0 Å². The summed E-state index contributed by atoms with van der Waals surface area (Å²) >= 11 is 0. The minimum Gasteiger partial charge on any atom is -0.478 e. The van der Waals surface area contributed by atoms with Crippen LogP contribution in [-0.2, 0) is 19.6 Å². The number of aryl methyl sites for hydroxylation is 2. The van der Waals surface area contributed by atoms with E-state index in [0.29, 0.717) is 17.4 Å². The van der Waals surface area contributed by atoms with E-state index < -0.39 is 5.97 Å². The number of nitrogens with zero attached hydrogens (tertiary/aromatic N) is 3. The Kier molecular flexibility index (Phi) is 8.62. The maximum Gasteiger partial charge on any atom is 0.335 e. The Labute approximate surface area is 255 Å². The molecular weight excluding hydrogens is 530 g/mol. The van der Waals surface area contributed by atoms with Gasteiger partial charge >= 0.3 is 5.97 Å². The molecule has 222 valence electrons. The number of aromatic carboxylic acids is 1. The van der Waals surface area contributed by atoms with Crippen LogP contribution in [-0.4, -0.2) is 32.1 Å². The van der Waals surface area contributed by atoms with Gasteiger partial charge in [0.05, 0.1) is 17.0 Å². The molecule has 1 N–H and O–H groups in total. The third-order valence-corrected chi connectivity index (χ3v) is 9.41. The number of hydrogen-bond acceptors (Lipinski definition) is 3. The van der Waals surface area contributed by atoms with Crippen LogP contribution in [0.2, 0.25) is 0 Å². The molecule has 43 heavy (non-hydrogen) atoms. The third kappa shape index (κ3) is 6.37. The second-order valence-corrected chi connectivity index (χ2v) is 12.6. The monoisotopic (exact) mass is 573 g/mol. The second kappa shape index (κ2) is 12.7. The van der Waals surface area contributed by atoms with E-state index in [2.05, 4.69) is 90.9 Å². The third-order valence-electron chi connectivity index (χ3n) is 9.41. The highest BCUT2D eigenvalue weighted by Crippen LogP contribution is 2.44. The number of aromatic nitrogens is 2. The van der Waals surface area contributed by atoms with E-state index >= 15 is 0 Å². The van der Waals surface area contributed by atoms with E-state index in [4.69, 9.17) is 4.98 Å². The highest BCUT2D eigenvalue weighted by atomic mass is 16.4. The molecule has 5 nitrogen and oxygen atoms in total. The molecule has 4 aromatic rings. The summed E-state index contributed by atoms with van der Waals surface area (Å²) in [6, 6.07) is 24.8. The van der Waals surface area contributed by atoms with Gasteiger partial charge < -0.3 is 9.67 Å². The average Bonchev–Trinajstić information content (AvgIpc) is 3.72. The molecule has 3 unspecified atom stereocenters. The molecule has 1 heterocycles. The summed E-state index contributed by atoms with van der Waals surface area (Å²) in [4.78, 5) is 19.5. The number of unbranched alkanes of at least 4 members (excludes halogenated alkanes) is 1. The quantitative estimate of drug-likeness (QED) is 0.173. The Bertz CT molecular complexity index is 1600. The molecule has 6 rings (SSSR count). The van der Waals surface area contributed by atoms with Crippen molar-refractivity contribution in [2.75, 3.05) is 6.54 Å². The molecule has 1 fully saturated rings. The summed E-state index contributed by atoms with van der Waals surface area (Å²) in [6.07, 6.45) is 9.60. The lowest BCUT2D eigenvalue weighted by Crippen LogP contribution is -2.31. The Morgan fingerprint density at radius 2 is 1.72 bits per heavy atom. The van der Waals surface area contributed by atoms with Crippen LogP contribution in [0.5, 0.6) is 0 Å². The summed E-state index contributed by atoms with van der Waals surface area (Å²) in [5, 5.41) is 9.45. The van der Waals surface area contributed by atoms with Gasteiger partial charge in [-0.25, -0.2) is 9.78 Å². The summed E-state index contributed by atoms with van der Waals surface area (Å²) in [7, 11) is 0. The number of carboxylic acid groups (broad SMARTS) is 1. The zero-order chi connectivity index (χ0) is 29.9. The number of rotatable bonds is 12. The molecule has 2 aliphatic rings. The molecule has 0 amide bonds. The van der Waals surface area contributed by atoms with Crippen LogP contribution in [0.1, 0.15) is 65.3 Å². The van der Waals surface area contributed by atoms with Crippen molar-refractivity contribution in [2.24, 2.45) is 17.8 Å². The highest BCUT2D eigenvalue weighted by Gasteiger charge is 2.36. The Balaban J connectivity index is 1.43. The van der Waals surface area contributed by atoms with Crippen molar-refractivity contribution < 1.29 is 9.90 Å². The number of allylic oxidation sites excluding steroid dienone is 2. The van der Waals surface area contributed by atoms with Gasteiger partial charge in [0.25, 0.3) is 0 Å². The van der Waals surface area contributed by atoms with E-state index in [9.17, 15) is 9.90 Å². The van der Waals surface area contributed by atoms with Crippen LogP contribution in [0.25, 0.3) is 22.6 Å². The number of fused-ring (bicyclic) bond motifs is 2. The molecule has 5 heteroatoms. The molecule has 0 radical (unpaired) electrons. The molecule has 0 aliphatic heterocycles. The molecule has 2 aliphatic carbocycles. The number of carboxylic acids is 1. The summed E-state index contributed by atoms with van der Waals surface area (Å²) in [5.41, 5.74) is 8.61. The predicted octanol–water partition coefficient (Wildman–Crippen LogP) is 8.55. The van der Waals surface area contributed by atoms with Gasteiger partial charge in [-0.05, 0) is 74.1 Å². The lowest BCUT2D eigenvalue weighted by molar-refractivity contribution is 0.0697. The summed E-state index contributed by atoms with van der Waals surface area (Å²) in [6.45, 7) is 10.0. The van der Waals surface area contributed by atoms with Gasteiger partial charge in [0.1, 0.15) is 5.82 Å². The molecule has 1 saturated carbocycles.